The molecule has 1 atom stereocenters. The van der Waals surface area contributed by atoms with E-state index in [1.165, 1.54) is 0 Å². The molecule has 3 heteroatoms. The number of rotatable bonds is 0. The van der Waals surface area contributed by atoms with Crippen LogP contribution < -0.4 is 0 Å². The molecule has 2 rings (SSSR count). The van der Waals surface area contributed by atoms with Crippen LogP contribution in [-0.4, -0.2) is 35.6 Å². The van der Waals surface area contributed by atoms with Crippen molar-refractivity contribution in [2.45, 2.75) is 18.9 Å². The first-order valence-corrected chi connectivity index (χ1v) is 3.60. The number of hydrogen-bond donors (Lipinski definition) is 0. The average Bonchev–Trinajstić information content (AvgIpc) is 2.41. The topological polar surface area (TPSA) is 37.4 Å². The van der Waals surface area contributed by atoms with Crippen molar-refractivity contribution in [3.8, 4) is 0 Å². The van der Waals surface area contributed by atoms with Gasteiger partial charge >= 0.3 is 0 Å². The van der Waals surface area contributed by atoms with Gasteiger partial charge < -0.3 is 0 Å². The van der Waals surface area contributed by atoms with Crippen LogP contribution in [0.15, 0.2) is 0 Å². The molecule has 3 nitrogen and oxygen atoms in total. The van der Waals surface area contributed by atoms with Crippen molar-refractivity contribution in [3.63, 3.8) is 0 Å². The van der Waals surface area contributed by atoms with E-state index in [1.54, 1.807) is 0 Å². The molecule has 0 aromatic rings. The molecular weight excluding hydrogens is 130 g/mol. The molecule has 0 N–H and O–H groups in total. The molecule has 2 heterocycles. The fourth-order valence-corrected chi connectivity index (χ4v) is 1.76. The lowest BCUT2D eigenvalue weighted by molar-refractivity contribution is -0.134. The first-order chi connectivity index (χ1) is 4.79. The summed E-state index contributed by atoms with van der Waals surface area (Å²) >= 11 is 0. The number of fused-ring (bicyclic) bond motifs is 1. The van der Waals surface area contributed by atoms with E-state index in [-0.39, 0.29) is 17.6 Å². The van der Waals surface area contributed by atoms with Gasteiger partial charge in [-0.2, -0.15) is 0 Å². The summed E-state index contributed by atoms with van der Waals surface area (Å²) in [5.41, 5.74) is 0. The Bertz CT molecular complexity index is 200. The van der Waals surface area contributed by atoms with Crippen LogP contribution in [0.3, 0.4) is 0 Å². The number of carbonyl (C=O) groups excluding carboxylic acids is 2. The predicted octanol–water partition coefficient (Wildman–Crippen LogP) is -0.397. The van der Waals surface area contributed by atoms with E-state index in [2.05, 4.69) is 0 Å². The molecule has 0 aromatic heterocycles. The number of carbonyl (C=O) groups is 2. The van der Waals surface area contributed by atoms with Crippen LogP contribution in [0.25, 0.3) is 0 Å². The highest BCUT2D eigenvalue weighted by Gasteiger charge is 2.41. The van der Waals surface area contributed by atoms with Crippen molar-refractivity contribution >= 4 is 11.6 Å². The van der Waals surface area contributed by atoms with Gasteiger partial charge in [0, 0.05) is 0 Å². The lowest BCUT2D eigenvalue weighted by Gasteiger charge is -2.08. The van der Waals surface area contributed by atoms with Crippen LogP contribution in [0.4, 0.5) is 0 Å². The van der Waals surface area contributed by atoms with E-state index >= 15 is 0 Å². The molecular formula is C7H9NO2. The Hall–Kier alpha value is -0.700. The third-order valence-corrected chi connectivity index (χ3v) is 2.29. The zero-order chi connectivity index (χ0) is 7.14. The van der Waals surface area contributed by atoms with Gasteiger partial charge in [0.05, 0.1) is 12.6 Å². The van der Waals surface area contributed by atoms with Crippen molar-refractivity contribution < 1.29 is 9.59 Å². The molecule has 1 unspecified atom stereocenters. The maximum Gasteiger partial charge on any atom is 0.216 e. The van der Waals surface area contributed by atoms with Crippen LogP contribution in [0.1, 0.15) is 12.8 Å². The summed E-state index contributed by atoms with van der Waals surface area (Å²) in [6.07, 6.45) is 1.97. The average molecular weight is 139 g/mol. The first-order valence-electron chi connectivity index (χ1n) is 3.60. The second-order valence-electron chi connectivity index (χ2n) is 2.92. The minimum atomic E-state index is -0.190. The van der Waals surface area contributed by atoms with Gasteiger partial charge in [0.2, 0.25) is 11.6 Å². The summed E-state index contributed by atoms with van der Waals surface area (Å²) in [5, 5.41) is 0. The SMILES string of the molecule is O=C1CN2CCCC2C1=O. The smallest absolute Gasteiger partial charge is 0.216 e. The quantitative estimate of drug-likeness (QED) is 0.429. The Kier molecular flexibility index (Phi) is 1.14. The van der Waals surface area contributed by atoms with Gasteiger partial charge in [-0.1, -0.05) is 0 Å². The lowest BCUT2D eigenvalue weighted by atomic mass is 10.1. The van der Waals surface area contributed by atoms with Crippen LogP contribution in [0.5, 0.6) is 0 Å². The summed E-state index contributed by atoms with van der Waals surface area (Å²) in [7, 11) is 0. The van der Waals surface area contributed by atoms with Gasteiger partial charge in [-0.05, 0) is 19.4 Å². The van der Waals surface area contributed by atoms with Gasteiger partial charge in [0.1, 0.15) is 0 Å². The Balaban J connectivity index is 2.24. The third-order valence-electron chi connectivity index (χ3n) is 2.29. The zero-order valence-corrected chi connectivity index (χ0v) is 5.67. The number of ketones is 2. The summed E-state index contributed by atoms with van der Waals surface area (Å²) in [5.74, 6) is -0.345. The molecule has 0 bridgehead atoms. The van der Waals surface area contributed by atoms with Crippen molar-refractivity contribution in [1.82, 2.24) is 4.90 Å². The highest BCUT2D eigenvalue weighted by atomic mass is 16.2. The normalized spacial score (nSPS) is 33.4. The Labute approximate surface area is 59.0 Å². The van der Waals surface area contributed by atoms with Crippen molar-refractivity contribution in [2.75, 3.05) is 13.1 Å². The number of nitrogens with zero attached hydrogens (tertiary/aromatic N) is 1. The molecule has 2 aliphatic rings. The molecule has 0 spiro atoms. The van der Waals surface area contributed by atoms with Gasteiger partial charge in [0.25, 0.3) is 0 Å². The van der Waals surface area contributed by atoms with E-state index in [9.17, 15) is 9.59 Å². The Morgan fingerprint density at radius 3 is 2.90 bits per heavy atom. The van der Waals surface area contributed by atoms with Gasteiger partial charge in [-0.15, -0.1) is 0 Å². The minimum Gasteiger partial charge on any atom is -0.289 e. The molecule has 0 aromatic carbocycles. The molecule has 2 aliphatic heterocycles. The van der Waals surface area contributed by atoms with E-state index < -0.39 is 0 Å². The summed E-state index contributed by atoms with van der Waals surface area (Å²) < 4.78 is 0. The molecule has 0 amide bonds. The maximum absolute atomic E-state index is 11.0. The number of hydrogen-bond acceptors (Lipinski definition) is 3. The molecule has 0 radical (unpaired) electrons. The van der Waals surface area contributed by atoms with Gasteiger partial charge in [0.15, 0.2) is 0 Å². The van der Waals surface area contributed by atoms with Gasteiger partial charge in [-0.3, -0.25) is 14.5 Å². The maximum atomic E-state index is 11.0. The minimum absolute atomic E-state index is 0.0347. The molecule has 2 saturated heterocycles. The van der Waals surface area contributed by atoms with E-state index in [0.29, 0.717) is 6.54 Å². The van der Waals surface area contributed by atoms with E-state index in [4.69, 9.17) is 0 Å². The summed E-state index contributed by atoms with van der Waals surface area (Å²) in [4.78, 5) is 23.8. The van der Waals surface area contributed by atoms with Crippen LogP contribution in [-0.2, 0) is 9.59 Å². The highest BCUT2D eigenvalue weighted by molar-refractivity contribution is 6.41. The standard InChI is InChI=1S/C7H9NO2/c9-6-4-8-3-1-2-5(8)7(6)10/h5H,1-4H2. The Morgan fingerprint density at radius 1 is 1.40 bits per heavy atom. The Morgan fingerprint density at radius 2 is 2.20 bits per heavy atom. The zero-order valence-electron chi connectivity index (χ0n) is 5.67. The van der Waals surface area contributed by atoms with Crippen LogP contribution >= 0.6 is 0 Å². The predicted molar refractivity (Wildman–Crippen MR) is 34.6 cm³/mol. The fraction of sp³-hybridized carbons (Fsp3) is 0.714. The van der Waals surface area contributed by atoms with Crippen molar-refractivity contribution in [1.29, 1.82) is 0 Å². The highest BCUT2D eigenvalue weighted by Crippen LogP contribution is 2.22. The van der Waals surface area contributed by atoms with E-state index in [1.807, 2.05) is 4.90 Å². The summed E-state index contributed by atoms with van der Waals surface area (Å²) in [6, 6.07) is -0.0347. The first kappa shape index (κ1) is 6.04. The largest absolute Gasteiger partial charge is 0.289 e. The lowest BCUT2D eigenvalue weighted by Crippen LogP contribution is -2.25. The summed E-state index contributed by atoms with van der Waals surface area (Å²) in [6.45, 7) is 1.31. The van der Waals surface area contributed by atoms with Crippen molar-refractivity contribution in [3.05, 3.63) is 0 Å². The molecule has 0 saturated carbocycles. The second-order valence-corrected chi connectivity index (χ2v) is 2.92. The van der Waals surface area contributed by atoms with Crippen LogP contribution in [0.2, 0.25) is 0 Å². The van der Waals surface area contributed by atoms with Gasteiger partial charge in [-0.25, -0.2) is 0 Å². The molecule has 54 valence electrons. The molecule has 10 heavy (non-hydrogen) atoms. The monoisotopic (exact) mass is 139 g/mol. The number of Topliss-reactive ketones (excluding diaryl/α,β-unsaturated/α-hetero) is 2. The van der Waals surface area contributed by atoms with Crippen molar-refractivity contribution in [2.24, 2.45) is 0 Å². The second kappa shape index (κ2) is 1.89. The molecule has 0 aliphatic carbocycles. The molecule has 2 fully saturated rings. The fourth-order valence-electron chi connectivity index (χ4n) is 1.76. The van der Waals surface area contributed by atoms with Crippen LogP contribution in [0, 0.1) is 0 Å². The third kappa shape index (κ3) is 0.639. The van der Waals surface area contributed by atoms with E-state index in [0.717, 1.165) is 19.4 Å².